The van der Waals surface area contributed by atoms with Crippen LogP contribution >= 0.6 is 0 Å². The van der Waals surface area contributed by atoms with Crippen LogP contribution in [-0.2, 0) is 4.79 Å². The molecule has 1 N–H and O–H groups in total. The minimum absolute atomic E-state index is 0.207. The fraction of sp³-hybridized carbons (Fsp3) is 0. The van der Waals surface area contributed by atoms with Crippen LogP contribution in [0.3, 0.4) is 0 Å². The minimum Gasteiger partial charge on any atom is -0.302 e. The van der Waals surface area contributed by atoms with Crippen molar-refractivity contribution in [3.8, 4) is 6.07 Å². The van der Waals surface area contributed by atoms with Crippen LogP contribution in [0.5, 0.6) is 0 Å². The number of amides is 3. The van der Waals surface area contributed by atoms with E-state index in [1.165, 1.54) is 0 Å². The van der Waals surface area contributed by atoms with Crippen molar-refractivity contribution in [1.29, 1.82) is 5.26 Å². The van der Waals surface area contributed by atoms with Crippen molar-refractivity contribution in [3.63, 3.8) is 0 Å². The summed E-state index contributed by atoms with van der Waals surface area (Å²) in [6.45, 7) is 0. The number of rotatable bonds is 2. The van der Waals surface area contributed by atoms with Gasteiger partial charge in [0, 0.05) is 0 Å². The Bertz CT molecular complexity index is 802. The largest absolute Gasteiger partial charge is 0.333 e. The molecule has 1 saturated heterocycles. The summed E-state index contributed by atoms with van der Waals surface area (Å²) in [7, 11) is 0. The van der Waals surface area contributed by atoms with Crippen molar-refractivity contribution >= 4 is 23.7 Å². The first kappa shape index (κ1) is 13.6. The molecule has 0 unspecified atom stereocenters. The van der Waals surface area contributed by atoms with Gasteiger partial charge in [0.25, 0.3) is 5.91 Å². The molecule has 22 heavy (non-hydrogen) atoms. The number of nitriles is 1. The molecule has 1 fully saturated rings. The van der Waals surface area contributed by atoms with Gasteiger partial charge in [-0.15, -0.1) is 0 Å². The fourth-order valence-corrected chi connectivity index (χ4v) is 2.17. The Hall–Kier alpha value is -3.39. The van der Waals surface area contributed by atoms with E-state index in [2.05, 4.69) is 5.32 Å². The molecule has 2 aromatic carbocycles. The summed E-state index contributed by atoms with van der Waals surface area (Å²) in [5.41, 5.74) is 2.00. The molecule has 0 aliphatic carbocycles. The third-order valence-corrected chi connectivity index (χ3v) is 3.24. The molecule has 1 aliphatic rings. The monoisotopic (exact) mass is 289 g/mol. The Morgan fingerprint density at radius 1 is 1.00 bits per heavy atom. The Kier molecular flexibility index (Phi) is 3.42. The van der Waals surface area contributed by atoms with Crippen LogP contribution in [0.2, 0.25) is 0 Å². The smallest absolute Gasteiger partial charge is 0.302 e. The summed E-state index contributed by atoms with van der Waals surface area (Å²) in [6, 6.07) is 17.0. The maximum absolute atomic E-state index is 12.4. The minimum atomic E-state index is -0.476. The van der Waals surface area contributed by atoms with E-state index in [9.17, 15) is 9.59 Å². The number of hydrogen-bond acceptors (Lipinski definition) is 3. The molecule has 106 valence electrons. The van der Waals surface area contributed by atoms with Gasteiger partial charge in [-0.3, -0.25) is 4.79 Å². The first-order valence-electron chi connectivity index (χ1n) is 6.61. The van der Waals surface area contributed by atoms with Gasteiger partial charge in [0.2, 0.25) is 0 Å². The average molecular weight is 289 g/mol. The molecular weight excluding hydrogens is 278 g/mol. The predicted octanol–water partition coefficient (Wildman–Crippen LogP) is 2.66. The first-order chi connectivity index (χ1) is 10.7. The van der Waals surface area contributed by atoms with Crippen molar-refractivity contribution in [2.45, 2.75) is 0 Å². The lowest BCUT2D eigenvalue weighted by Crippen LogP contribution is -2.30. The molecular formula is C17H11N3O2. The number of para-hydroxylation sites is 1. The first-order valence-corrected chi connectivity index (χ1v) is 6.61. The molecule has 1 aliphatic heterocycles. The predicted molar refractivity (Wildman–Crippen MR) is 81.6 cm³/mol. The maximum atomic E-state index is 12.4. The lowest BCUT2D eigenvalue weighted by Gasteiger charge is -2.10. The van der Waals surface area contributed by atoms with Gasteiger partial charge in [-0.2, -0.15) is 5.26 Å². The van der Waals surface area contributed by atoms with Gasteiger partial charge in [0.05, 0.1) is 17.3 Å². The van der Waals surface area contributed by atoms with Gasteiger partial charge in [0.1, 0.15) is 5.70 Å². The van der Waals surface area contributed by atoms with E-state index in [-0.39, 0.29) is 5.70 Å². The highest BCUT2D eigenvalue weighted by molar-refractivity contribution is 6.28. The highest BCUT2D eigenvalue weighted by Gasteiger charge is 2.34. The van der Waals surface area contributed by atoms with Crippen molar-refractivity contribution in [2.24, 2.45) is 0 Å². The third kappa shape index (κ3) is 2.45. The summed E-state index contributed by atoms with van der Waals surface area (Å²) in [5, 5.41) is 11.3. The highest BCUT2D eigenvalue weighted by Crippen LogP contribution is 2.21. The number of benzene rings is 2. The fourth-order valence-electron chi connectivity index (χ4n) is 2.17. The second-order valence-electron chi connectivity index (χ2n) is 4.70. The van der Waals surface area contributed by atoms with Gasteiger partial charge in [-0.05, 0) is 35.9 Å². The molecule has 0 saturated carbocycles. The zero-order valence-corrected chi connectivity index (χ0v) is 11.5. The maximum Gasteiger partial charge on any atom is 0.333 e. The van der Waals surface area contributed by atoms with Crippen molar-refractivity contribution in [1.82, 2.24) is 5.32 Å². The molecule has 0 spiro atoms. The Morgan fingerprint density at radius 3 is 2.32 bits per heavy atom. The van der Waals surface area contributed by atoms with Gasteiger partial charge >= 0.3 is 6.03 Å². The molecule has 0 radical (unpaired) electrons. The summed E-state index contributed by atoms with van der Waals surface area (Å²) in [4.78, 5) is 25.5. The number of carbonyl (C=O) groups excluding carboxylic acids is 2. The quantitative estimate of drug-likeness (QED) is 0.682. The van der Waals surface area contributed by atoms with E-state index in [0.717, 1.165) is 10.5 Å². The zero-order chi connectivity index (χ0) is 15.5. The number of imide groups is 1. The van der Waals surface area contributed by atoms with Crippen molar-refractivity contribution in [3.05, 3.63) is 71.4 Å². The topological polar surface area (TPSA) is 73.2 Å². The van der Waals surface area contributed by atoms with E-state index < -0.39 is 11.9 Å². The normalized spacial score (nSPS) is 15.8. The Morgan fingerprint density at radius 2 is 1.68 bits per heavy atom. The molecule has 5 heteroatoms. The number of anilines is 1. The Labute approximate surface area is 127 Å². The summed E-state index contributed by atoms with van der Waals surface area (Å²) < 4.78 is 0. The lowest BCUT2D eigenvalue weighted by molar-refractivity contribution is -0.113. The number of hydrogen-bond donors (Lipinski definition) is 1. The van der Waals surface area contributed by atoms with E-state index in [4.69, 9.17) is 5.26 Å². The third-order valence-electron chi connectivity index (χ3n) is 3.24. The van der Waals surface area contributed by atoms with Crippen LogP contribution in [-0.4, -0.2) is 11.9 Å². The lowest BCUT2D eigenvalue weighted by atomic mass is 10.1. The molecule has 1 heterocycles. The van der Waals surface area contributed by atoms with E-state index >= 15 is 0 Å². The SMILES string of the molecule is N#Cc1ccc(/C=C2\NC(=O)N(c3ccccc3)C2=O)cc1. The molecule has 0 aromatic heterocycles. The van der Waals surface area contributed by atoms with Crippen molar-refractivity contribution < 1.29 is 9.59 Å². The van der Waals surface area contributed by atoms with Gasteiger partial charge < -0.3 is 5.32 Å². The number of nitrogens with one attached hydrogen (secondary N) is 1. The molecule has 0 bridgehead atoms. The van der Waals surface area contributed by atoms with Crippen molar-refractivity contribution in [2.75, 3.05) is 4.90 Å². The van der Waals surface area contributed by atoms with E-state index in [1.807, 2.05) is 12.1 Å². The van der Waals surface area contributed by atoms with Gasteiger partial charge in [-0.1, -0.05) is 30.3 Å². The standard InChI is InChI=1S/C17H11N3O2/c18-11-13-8-6-12(7-9-13)10-15-16(21)20(17(22)19-15)14-4-2-1-3-5-14/h1-10H,(H,19,22)/b15-10-. The van der Waals surface area contributed by atoms with Crippen LogP contribution < -0.4 is 10.2 Å². The zero-order valence-electron chi connectivity index (χ0n) is 11.5. The van der Waals surface area contributed by atoms with Crippen LogP contribution in [0.15, 0.2) is 60.3 Å². The molecule has 3 amide bonds. The van der Waals surface area contributed by atoms with Crippen LogP contribution in [0.4, 0.5) is 10.5 Å². The number of carbonyl (C=O) groups is 2. The number of nitrogens with zero attached hydrogens (tertiary/aromatic N) is 2. The molecule has 3 rings (SSSR count). The van der Waals surface area contributed by atoms with Crippen LogP contribution in [0, 0.1) is 11.3 Å². The van der Waals surface area contributed by atoms with E-state index in [1.54, 1.807) is 54.6 Å². The molecule has 5 nitrogen and oxygen atoms in total. The number of urea groups is 1. The average Bonchev–Trinajstić information content (AvgIpc) is 2.83. The molecule has 0 atom stereocenters. The van der Waals surface area contributed by atoms with Gasteiger partial charge in [-0.25, -0.2) is 9.69 Å². The summed E-state index contributed by atoms with van der Waals surface area (Å²) >= 11 is 0. The van der Waals surface area contributed by atoms with Gasteiger partial charge in [0.15, 0.2) is 0 Å². The Balaban J connectivity index is 1.90. The van der Waals surface area contributed by atoms with Crippen LogP contribution in [0.25, 0.3) is 6.08 Å². The highest BCUT2D eigenvalue weighted by atomic mass is 16.2. The summed E-state index contributed by atoms with van der Waals surface area (Å²) in [6.07, 6.45) is 1.59. The summed E-state index contributed by atoms with van der Waals surface area (Å²) in [5.74, 6) is -0.402. The van der Waals surface area contributed by atoms with Crippen LogP contribution in [0.1, 0.15) is 11.1 Å². The second-order valence-corrected chi connectivity index (χ2v) is 4.70. The van der Waals surface area contributed by atoms with E-state index in [0.29, 0.717) is 11.3 Å². The second kappa shape index (κ2) is 5.54. The molecule has 2 aromatic rings.